The van der Waals surface area contributed by atoms with Crippen molar-refractivity contribution in [1.82, 2.24) is 14.6 Å². The topological polar surface area (TPSA) is 220 Å². The van der Waals surface area contributed by atoms with Gasteiger partial charge in [0.15, 0.2) is 27.2 Å². The number of hydrogen-bond donors (Lipinski definition) is 2. The van der Waals surface area contributed by atoms with Crippen LogP contribution in [0, 0.1) is 0 Å². The molecule has 18 heteroatoms. The Morgan fingerprint density at radius 2 is 2.00 bits per heavy atom. The Bertz CT molecular complexity index is 1010. The van der Waals surface area contributed by atoms with E-state index in [1.54, 1.807) is 0 Å². The van der Waals surface area contributed by atoms with Gasteiger partial charge in [-0.1, -0.05) is 5.16 Å². The average molecular weight is 487 g/mol. The van der Waals surface area contributed by atoms with Crippen LogP contribution in [0.15, 0.2) is 10.5 Å². The van der Waals surface area contributed by atoms with Gasteiger partial charge in [-0.05, 0) is 0 Å². The Labute approximate surface area is 201 Å². The molecule has 164 valence electrons. The van der Waals surface area contributed by atoms with Crippen LogP contribution in [0.4, 0.5) is 5.13 Å². The van der Waals surface area contributed by atoms with Crippen LogP contribution in [0.5, 0.6) is 0 Å². The summed E-state index contributed by atoms with van der Waals surface area (Å²) in [6.45, 7) is -0.664. The summed E-state index contributed by atoms with van der Waals surface area (Å²) in [5.41, 5.74) is 4.85. The number of carbonyl (C=O) groups is 4. The summed E-state index contributed by atoms with van der Waals surface area (Å²) in [6, 6.07) is -3.65. The predicted octanol–water partition coefficient (Wildman–Crippen LogP) is -6.05. The van der Waals surface area contributed by atoms with Gasteiger partial charge in [0, 0.05) is 5.38 Å². The number of nitrogens with zero attached hydrogens (tertiary/aromatic N) is 3. The Kier molecular flexibility index (Phi) is 9.33. The molecule has 3 N–H and O–H groups in total. The van der Waals surface area contributed by atoms with Crippen molar-refractivity contribution in [2.45, 2.75) is 12.1 Å². The molecule has 0 aromatic carbocycles. The maximum atomic E-state index is 12.6. The van der Waals surface area contributed by atoms with Crippen molar-refractivity contribution in [1.29, 1.82) is 0 Å². The number of carbonyl (C=O) groups excluding carboxylic acids is 4. The van der Waals surface area contributed by atoms with Gasteiger partial charge in [-0.15, -0.1) is 11.3 Å². The number of ether oxygens (including phenoxy) is 2. The third-order valence-corrected chi connectivity index (χ3v) is 5.13. The number of amides is 2. The molecule has 0 spiro atoms. The molecule has 0 saturated carbocycles. The van der Waals surface area contributed by atoms with E-state index in [1.165, 1.54) is 5.38 Å². The molecular weight excluding hydrogens is 473 g/mol. The second-order valence-corrected chi connectivity index (χ2v) is 7.51. The summed E-state index contributed by atoms with van der Waals surface area (Å²) >= 11 is 0.935. The fourth-order valence-electron chi connectivity index (χ4n) is 2.22. The fourth-order valence-corrected chi connectivity index (χ4v) is 3.59. The molecule has 15 nitrogen and oxygen atoms in total. The molecule has 0 radical (unpaired) electrons. The van der Waals surface area contributed by atoms with Gasteiger partial charge < -0.3 is 29.9 Å². The number of rotatable bonds is 8. The first-order chi connectivity index (χ1) is 14.0. The SMILES string of the molecule is COC(=O)CO/N=C(/C(=O)N[C@H]1C(=O)N(S(=O)(=O)[O-])[C@H]1C(=O)OC)c1csc(N)n1.[Na+]. The zero-order valence-electron chi connectivity index (χ0n) is 16.3. The van der Waals surface area contributed by atoms with Gasteiger partial charge in [0.25, 0.3) is 11.8 Å². The minimum Gasteiger partial charge on any atom is -0.731 e. The summed E-state index contributed by atoms with van der Waals surface area (Å²) < 4.78 is 42.1. The normalized spacial score (nSPS) is 18.4. The van der Waals surface area contributed by atoms with Crippen LogP contribution in [0.25, 0.3) is 0 Å². The Hall–Kier alpha value is -2.31. The number of esters is 2. The summed E-state index contributed by atoms with van der Waals surface area (Å²) in [5.74, 6) is -4.56. The number of nitrogen functional groups attached to an aromatic ring is 1. The summed E-state index contributed by atoms with van der Waals surface area (Å²) in [6.07, 6.45) is 0. The molecule has 0 aliphatic carbocycles. The van der Waals surface area contributed by atoms with Crippen LogP contribution in [-0.4, -0.2) is 84.6 Å². The van der Waals surface area contributed by atoms with Gasteiger partial charge >= 0.3 is 41.5 Å². The van der Waals surface area contributed by atoms with Gasteiger partial charge in [0.2, 0.25) is 6.61 Å². The Balaban J connectivity index is 0.00000480. The quantitative estimate of drug-likeness (QED) is 0.0874. The number of methoxy groups -OCH3 is 2. The molecule has 0 bridgehead atoms. The summed E-state index contributed by atoms with van der Waals surface area (Å²) in [7, 11) is -3.35. The average Bonchev–Trinajstić information content (AvgIpc) is 3.10. The molecule has 2 rings (SSSR count). The predicted molar refractivity (Wildman–Crippen MR) is 95.3 cm³/mol. The van der Waals surface area contributed by atoms with Crippen molar-refractivity contribution in [2.75, 3.05) is 26.6 Å². The third kappa shape index (κ3) is 6.11. The minimum atomic E-state index is -5.34. The van der Waals surface area contributed by atoms with Crippen molar-refractivity contribution < 1.29 is 76.0 Å². The number of nitrogens with two attached hydrogens (primary N) is 1. The van der Waals surface area contributed by atoms with Crippen molar-refractivity contribution in [3.63, 3.8) is 0 Å². The van der Waals surface area contributed by atoms with Crippen LogP contribution in [0.2, 0.25) is 0 Å². The van der Waals surface area contributed by atoms with Gasteiger partial charge in [-0.2, -0.15) is 0 Å². The number of β-lactam (4-membered cyclic amide) rings is 1. The van der Waals surface area contributed by atoms with E-state index in [4.69, 9.17) is 10.6 Å². The van der Waals surface area contributed by atoms with E-state index >= 15 is 0 Å². The van der Waals surface area contributed by atoms with E-state index in [0.717, 1.165) is 25.6 Å². The van der Waals surface area contributed by atoms with E-state index in [1.807, 2.05) is 0 Å². The van der Waals surface area contributed by atoms with Crippen molar-refractivity contribution in [2.24, 2.45) is 5.16 Å². The zero-order chi connectivity index (χ0) is 22.6. The molecular formula is C13H14N5NaO10S2. The maximum absolute atomic E-state index is 12.6. The molecule has 1 aromatic heterocycles. The molecule has 31 heavy (non-hydrogen) atoms. The van der Waals surface area contributed by atoms with Crippen molar-refractivity contribution >= 4 is 56.2 Å². The molecule has 1 aromatic rings. The monoisotopic (exact) mass is 487 g/mol. The number of hydrogen-bond acceptors (Lipinski definition) is 14. The molecule has 1 aliphatic rings. The van der Waals surface area contributed by atoms with E-state index < -0.39 is 58.5 Å². The first-order valence-electron chi connectivity index (χ1n) is 7.67. The third-order valence-electron chi connectivity index (χ3n) is 3.57. The largest absolute Gasteiger partial charge is 1.00 e. The maximum Gasteiger partial charge on any atom is 1.00 e. The van der Waals surface area contributed by atoms with Crippen molar-refractivity contribution in [3.05, 3.63) is 11.1 Å². The fraction of sp³-hybridized carbons (Fsp3) is 0.385. The van der Waals surface area contributed by atoms with Gasteiger partial charge in [0.05, 0.1) is 14.2 Å². The zero-order valence-corrected chi connectivity index (χ0v) is 19.9. The molecule has 2 amide bonds. The second kappa shape index (κ2) is 10.8. The smallest absolute Gasteiger partial charge is 0.731 e. The van der Waals surface area contributed by atoms with Crippen LogP contribution < -0.4 is 40.6 Å². The van der Waals surface area contributed by atoms with E-state index in [0.29, 0.717) is 0 Å². The molecule has 2 atom stereocenters. The molecule has 2 heterocycles. The molecule has 1 fully saturated rings. The van der Waals surface area contributed by atoms with E-state index in [2.05, 4.69) is 24.9 Å². The first kappa shape index (κ1) is 26.7. The summed E-state index contributed by atoms with van der Waals surface area (Å²) in [4.78, 5) is 56.1. The molecule has 1 aliphatic heterocycles. The van der Waals surface area contributed by atoms with Gasteiger partial charge in [-0.25, -0.2) is 27.3 Å². The van der Waals surface area contributed by atoms with Crippen molar-refractivity contribution in [3.8, 4) is 0 Å². The second-order valence-electron chi connectivity index (χ2n) is 5.37. The number of anilines is 1. The first-order valence-corrected chi connectivity index (χ1v) is 9.91. The Morgan fingerprint density at radius 3 is 2.48 bits per heavy atom. The van der Waals surface area contributed by atoms with Crippen LogP contribution in [-0.2, 0) is 43.8 Å². The molecule has 0 unspecified atom stereocenters. The standard InChI is InChI=1S/C13H15N5O10S2.Na/c1-26-6(19)3-28-17-7(5-4-29-13(14)15-5)10(20)16-8-9(12(22)27-2)18(11(8)21)30(23,24)25;/h4,8-9H,3H2,1-2H3,(H2,14,15)(H,16,20)(H,23,24,25);/q;+1/p-1/b17-7+;/t8-,9-;/m1./s1. The van der Waals surface area contributed by atoms with E-state index in [9.17, 15) is 32.1 Å². The van der Waals surface area contributed by atoms with Gasteiger partial charge in [0.1, 0.15) is 11.7 Å². The molecule has 1 saturated heterocycles. The van der Waals surface area contributed by atoms with Gasteiger partial charge in [-0.3, -0.25) is 9.59 Å². The van der Waals surface area contributed by atoms with E-state index in [-0.39, 0.29) is 44.7 Å². The summed E-state index contributed by atoms with van der Waals surface area (Å²) in [5, 5.41) is 6.88. The minimum absolute atomic E-state index is 0. The number of oxime groups is 1. The number of aromatic nitrogens is 1. The van der Waals surface area contributed by atoms with Crippen LogP contribution >= 0.6 is 11.3 Å². The number of thiazole rings is 1. The van der Waals surface area contributed by atoms with Crippen LogP contribution in [0.1, 0.15) is 5.69 Å². The van der Waals surface area contributed by atoms with Crippen LogP contribution in [0.3, 0.4) is 0 Å². The number of nitrogens with one attached hydrogen (secondary N) is 1. The Morgan fingerprint density at radius 1 is 1.35 bits per heavy atom.